The fourth-order valence-corrected chi connectivity index (χ4v) is 4.02. The number of rotatable bonds is 4. The van der Waals surface area contributed by atoms with Gasteiger partial charge in [-0.05, 0) is 41.4 Å². The predicted molar refractivity (Wildman–Crippen MR) is 116 cm³/mol. The molecule has 0 aliphatic carbocycles. The van der Waals surface area contributed by atoms with Gasteiger partial charge in [-0.2, -0.15) is 10.1 Å². The SMILES string of the molecule is Cn1nc(-c2ccc(Cl)cc2)c2c(C(N)c3ccc(S(N)(=O)=O)cc3)nc(Cl)nc21. The molecule has 4 N–H and O–H groups in total. The predicted octanol–water partition coefficient (Wildman–Crippen LogP) is 3.03. The fourth-order valence-electron chi connectivity index (χ4n) is 3.20. The van der Waals surface area contributed by atoms with Gasteiger partial charge in [-0.3, -0.25) is 0 Å². The third kappa shape index (κ3) is 3.78. The Labute approximate surface area is 182 Å². The summed E-state index contributed by atoms with van der Waals surface area (Å²) in [6, 6.07) is 12.5. The highest BCUT2D eigenvalue weighted by atomic mass is 35.5. The van der Waals surface area contributed by atoms with Crippen LogP contribution < -0.4 is 10.9 Å². The zero-order chi connectivity index (χ0) is 21.6. The smallest absolute Gasteiger partial charge is 0.238 e. The van der Waals surface area contributed by atoms with Crippen molar-refractivity contribution in [3.05, 3.63) is 70.1 Å². The van der Waals surface area contributed by atoms with Crippen LogP contribution in [0.4, 0.5) is 0 Å². The van der Waals surface area contributed by atoms with E-state index in [1.165, 1.54) is 12.1 Å². The molecule has 0 radical (unpaired) electrons. The van der Waals surface area contributed by atoms with Gasteiger partial charge in [0.15, 0.2) is 5.65 Å². The normalized spacial score (nSPS) is 13.0. The average Bonchev–Trinajstić information content (AvgIpc) is 3.03. The highest BCUT2D eigenvalue weighted by molar-refractivity contribution is 7.89. The zero-order valence-electron chi connectivity index (χ0n) is 15.6. The Morgan fingerprint density at radius 3 is 2.23 bits per heavy atom. The summed E-state index contributed by atoms with van der Waals surface area (Å²) < 4.78 is 24.6. The molecule has 0 fully saturated rings. The van der Waals surface area contributed by atoms with Crippen molar-refractivity contribution in [1.29, 1.82) is 0 Å². The van der Waals surface area contributed by atoms with Crippen LogP contribution in [0.1, 0.15) is 17.3 Å². The summed E-state index contributed by atoms with van der Waals surface area (Å²) in [5.41, 5.74) is 9.56. The van der Waals surface area contributed by atoms with Crippen molar-refractivity contribution in [2.75, 3.05) is 0 Å². The molecule has 11 heteroatoms. The molecule has 8 nitrogen and oxygen atoms in total. The number of nitrogens with zero attached hydrogens (tertiary/aromatic N) is 4. The van der Waals surface area contributed by atoms with Gasteiger partial charge >= 0.3 is 0 Å². The number of nitrogens with two attached hydrogens (primary N) is 2. The van der Waals surface area contributed by atoms with Crippen LogP contribution in [0.15, 0.2) is 53.4 Å². The van der Waals surface area contributed by atoms with Crippen molar-refractivity contribution in [3.8, 4) is 11.3 Å². The Morgan fingerprint density at radius 1 is 1.00 bits per heavy atom. The second-order valence-electron chi connectivity index (χ2n) is 6.65. The molecule has 1 unspecified atom stereocenters. The van der Waals surface area contributed by atoms with Crippen molar-refractivity contribution in [1.82, 2.24) is 19.7 Å². The van der Waals surface area contributed by atoms with E-state index in [2.05, 4.69) is 15.1 Å². The molecule has 4 rings (SSSR count). The lowest BCUT2D eigenvalue weighted by Gasteiger charge is -2.14. The van der Waals surface area contributed by atoms with E-state index in [1.807, 2.05) is 12.1 Å². The van der Waals surface area contributed by atoms with Crippen LogP contribution in [0.2, 0.25) is 10.3 Å². The van der Waals surface area contributed by atoms with Crippen molar-refractivity contribution in [2.24, 2.45) is 17.9 Å². The van der Waals surface area contributed by atoms with Crippen LogP contribution >= 0.6 is 23.2 Å². The summed E-state index contributed by atoms with van der Waals surface area (Å²) in [5, 5.41) is 11.0. The van der Waals surface area contributed by atoms with Crippen LogP contribution in [0.3, 0.4) is 0 Å². The minimum Gasteiger partial charge on any atom is -0.319 e. The van der Waals surface area contributed by atoms with Crippen LogP contribution in [-0.4, -0.2) is 28.2 Å². The standard InChI is InChI=1S/C19H16Cl2N6O2S/c1-27-18-14(16(26-27)11-2-6-12(20)7-3-11)17(24-19(21)25-18)15(22)10-4-8-13(9-5-10)30(23,28)29/h2-9,15H,22H2,1H3,(H2,23,28,29). The van der Waals surface area contributed by atoms with Gasteiger partial charge in [0.25, 0.3) is 0 Å². The van der Waals surface area contributed by atoms with Crippen LogP contribution in [-0.2, 0) is 17.1 Å². The first-order chi connectivity index (χ1) is 14.1. The van der Waals surface area contributed by atoms with E-state index in [0.29, 0.717) is 33.0 Å². The van der Waals surface area contributed by atoms with Gasteiger partial charge in [-0.25, -0.2) is 23.2 Å². The van der Waals surface area contributed by atoms with E-state index in [0.717, 1.165) is 5.56 Å². The third-order valence-corrected chi connectivity index (χ3v) is 6.01. The van der Waals surface area contributed by atoms with E-state index < -0.39 is 16.1 Å². The van der Waals surface area contributed by atoms with Gasteiger partial charge in [0.2, 0.25) is 15.3 Å². The number of sulfonamides is 1. The highest BCUT2D eigenvalue weighted by Crippen LogP contribution is 2.34. The topological polar surface area (TPSA) is 130 Å². The molecule has 2 aromatic heterocycles. The molecule has 30 heavy (non-hydrogen) atoms. The number of benzene rings is 2. The molecule has 0 amide bonds. The number of halogens is 2. The Hall–Kier alpha value is -2.56. The average molecular weight is 463 g/mol. The number of hydrogen-bond acceptors (Lipinski definition) is 6. The summed E-state index contributed by atoms with van der Waals surface area (Å²) >= 11 is 12.2. The Morgan fingerprint density at radius 2 is 1.63 bits per heavy atom. The second-order valence-corrected chi connectivity index (χ2v) is 8.98. The lowest BCUT2D eigenvalue weighted by Crippen LogP contribution is -2.16. The van der Waals surface area contributed by atoms with Gasteiger partial charge in [0, 0.05) is 17.6 Å². The minimum atomic E-state index is -3.81. The first kappa shape index (κ1) is 20.7. The van der Waals surface area contributed by atoms with E-state index in [4.69, 9.17) is 34.1 Å². The summed E-state index contributed by atoms with van der Waals surface area (Å²) in [7, 11) is -2.05. The molecule has 2 aromatic carbocycles. The monoisotopic (exact) mass is 462 g/mol. The van der Waals surface area contributed by atoms with Gasteiger partial charge in [-0.15, -0.1) is 0 Å². The third-order valence-electron chi connectivity index (χ3n) is 4.66. The van der Waals surface area contributed by atoms with E-state index in [-0.39, 0.29) is 10.2 Å². The Balaban J connectivity index is 1.90. The maximum absolute atomic E-state index is 11.5. The molecule has 0 saturated carbocycles. The van der Waals surface area contributed by atoms with Gasteiger partial charge in [0.1, 0.15) is 5.69 Å². The molecule has 0 spiro atoms. The zero-order valence-corrected chi connectivity index (χ0v) is 17.9. The fraction of sp³-hybridized carbons (Fsp3) is 0.105. The van der Waals surface area contributed by atoms with Crippen LogP contribution in [0.5, 0.6) is 0 Å². The summed E-state index contributed by atoms with van der Waals surface area (Å²) in [5.74, 6) is 0. The summed E-state index contributed by atoms with van der Waals surface area (Å²) in [6.45, 7) is 0. The van der Waals surface area contributed by atoms with Crippen LogP contribution in [0.25, 0.3) is 22.3 Å². The number of fused-ring (bicyclic) bond motifs is 1. The van der Waals surface area contributed by atoms with Crippen molar-refractivity contribution in [3.63, 3.8) is 0 Å². The summed E-state index contributed by atoms with van der Waals surface area (Å²) in [6.07, 6.45) is 0. The molecular formula is C19H16Cl2N6O2S. The molecule has 154 valence electrons. The highest BCUT2D eigenvalue weighted by Gasteiger charge is 2.23. The molecule has 4 aromatic rings. The molecular weight excluding hydrogens is 447 g/mol. The maximum Gasteiger partial charge on any atom is 0.238 e. The molecule has 0 saturated heterocycles. The Bertz CT molecular complexity index is 1350. The molecule has 0 aliphatic heterocycles. The molecule has 2 heterocycles. The number of hydrogen-bond donors (Lipinski definition) is 2. The van der Waals surface area contributed by atoms with E-state index >= 15 is 0 Å². The lowest BCUT2D eigenvalue weighted by molar-refractivity contribution is 0.597. The number of aromatic nitrogens is 4. The summed E-state index contributed by atoms with van der Waals surface area (Å²) in [4.78, 5) is 8.67. The first-order valence-electron chi connectivity index (χ1n) is 8.69. The molecule has 0 aliphatic rings. The van der Waals surface area contributed by atoms with E-state index in [9.17, 15) is 8.42 Å². The molecule has 1 atom stereocenters. The largest absolute Gasteiger partial charge is 0.319 e. The lowest BCUT2D eigenvalue weighted by atomic mass is 9.99. The van der Waals surface area contributed by atoms with Gasteiger partial charge in [0.05, 0.1) is 22.0 Å². The quantitative estimate of drug-likeness (QED) is 0.448. The minimum absolute atomic E-state index is 0.00690. The van der Waals surface area contributed by atoms with Crippen molar-refractivity contribution >= 4 is 44.3 Å². The van der Waals surface area contributed by atoms with Crippen molar-refractivity contribution in [2.45, 2.75) is 10.9 Å². The maximum atomic E-state index is 11.5. The van der Waals surface area contributed by atoms with Crippen LogP contribution in [0, 0.1) is 0 Å². The van der Waals surface area contributed by atoms with Gasteiger partial charge < -0.3 is 5.73 Å². The van der Waals surface area contributed by atoms with E-state index in [1.54, 1.807) is 36.0 Å². The van der Waals surface area contributed by atoms with Gasteiger partial charge in [-0.1, -0.05) is 35.9 Å². The van der Waals surface area contributed by atoms with Crippen molar-refractivity contribution < 1.29 is 8.42 Å². The molecule has 0 bridgehead atoms. The Kier molecular flexibility index (Phi) is 5.25. The number of aryl methyl sites for hydroxylation is 1. The second kappa shape index (κ2) is 7.60. The number of primary sulfonamides is 1. The first-order valence-corrected chi connectivity index (χ1v) is 11.0.